The van der Waals surface area contributed by atoms with Crippen molar-refractivity contribution in [1.29, 1.82) is 0 Å². The van der Waals surface area contributed by atoms with Crippen molar-refractivity contribution in [2.45, 2.75) is 13.8 Å². The van der Waals surface area contributed by atoms with Gasteiger partial charge in [0.2, 0.25) is 5.13 Å². The third kappa shape index (κ3) is 3.91. The smallest absolute Gasteiger partial charge is 0.230 e. The van der Waals surface area contributed by atoms with Gasteiger partial charge in [-0.05, 0) is 38.1 Å². The van der Waals surface area contributed by atoms with E-state index < -0.39 is 0 Å². The van der Waals surface area contributed by atoms with E-state index in [2.05, 4.69) is 20.3 Å². The molecule has 24 heavy (non-hydrogen) atoms. The number of para-hydroxylation sites is 2. The molecule has 0 bridgehead atoms. The number of hydrogen-bond donors (Lipinski definition) is 0. The van der Waals surface area contributed by atoms with Crippen LogP contribution in [0.3, 0.4) is 0 Å². The van der Waals surface area contributed by atoms with Gasteiger partial charge in [0.25, 0.3) is 0 Å². The summed E-state index contributed by atoms with van der Waals surface area (Å²) in [4.78, 5) is 5.48. The van der Waals surface area contributed by atoms with Crippen molar-refractivity contribution in [1.82, 2.24) is 4.98 Å². The van der Waals surface area contributed by atoms with Crippen molar-refractivity contribution >= 4 is 34.2 Å². The Balaban J connectivity index is 1.81. The minimum absolute atomic E-state index is 0.641. The molecule has 0 N–H and O–H groups in total. The summed E-state index contributed by atoms with van der Waals surface area (Å²) in [5.74, 6) is 0. The molecule has 0 radical (unpaired) electrons. The van der Waals surface area contributed by atoms with Gasteiger partial charge in [-0.25, -0.2) is 9.99 Å². The Bertz CT molecular complexity index is 781. The monoisotopic (exact) mass is 335 g/mol. The van der Waals surface area contributed by atoms with Gasteiger partial charge in [0, 0.05) is 4.88 Å². The van der Waals surface area contributed by atoms with E-state index in [1.165, 1.54) is 17.7 Å². The second-order valence-corrected chi connectivity index (χ2v) is 6.25. The highest BCUT2D eigenvalue weighted by atomic mass is 32.1. The summed E-state index contributed by atoms with van der Waals surface area (Å²) in [5, 5.41) is 15.0. The third-order valence-electron chi connectivity index (χ3n) is 3.38. The highest BCUT2D eigenvalue weighted by Gasteiger charge is 2.06. The minimum Gasteiger partial charge on any atom is -0.232 e. The van der Waals surface area contributed by atoms with Gasteiger partial charge in [0.1, 0.15) is 0 Å². The van der Waals surface area contributed by atoms with Crippen LogP contribution in [0.4, 0.5) is 16.5 Å². The number of rotatable bonds is 5. The molecule has 0 spiro atoms. The lowest BCUT2D eigenvalue weighted by Crippen LogP contribution is -2.08. The van der Waals surface area contributed by atoms with Crippen LogP contribution in [0.15, 0.2) is 76.0 Å². The zero-order valence-electron chi connectivity index (χ0n) is 13.5. The van der Waals surface area contributed by atoms with Crippen molar-refractivity contribution in [2.24, 2.45) is 15.3 Å². The van der Waals surface area contributed by atoms with Crippen LogP contribution in [-0.2, 0) is 0 Å². The van der Waals surface area contributed by atoms with Crippen molar-refractivity contribution in [3.05, 3.63) is 71.2 Å². The molecule has 1 heterocycles. The van der Waals surface area contributed by atoms with Crippen molar-refractivity contribution in [3.8, 4) is 0 Å². The van der Waals surface area contributed by atoms with Crippen LogP contribution in [0, 0.1) is 13.8 Å². The van der Waals surface area contributed by atoms with E-state index in [-0.39, 0.29) is 0 Å². The maximum Gasteiger partial charge on any atom is 0.230 e. The molecule has 0 atom stereocenters. The lowest BCUT2D eigenvalue weighted by Gasteiger charge is -2.18. The van der Waals surface area contributed by atoms with Crippen LogP contribution in [0.25, 0.3) is 0 Å². The van der Waals surface area contributed by atoms with Crippen molar-refractivity contribution in [2.75, 3.05) is 5.01 Å². The van der Waals surface area contributed by atoms with E-state index in [1.807, 2.05) is 79.5 Å². The molecule has 0 unspecified atom stereocenters. The average Bonchev–Trinajstić information content (AvgIpc) is 2.94. The number of anilines is 2. The van der Waals surface area contributed by atoms with Crippen LogP contribution >= 0.6 is 11.3 Å². The van der Waals surface area contributed by atoms with Gasteiger partial charge in [-0.1, -0.05) is 47.7 Å². The van der Waals surface area contributed by atoms with Gasteiger partial charge in [-0.15, -0.1) is 10.2 Å². The number of azo groups is 1. The number of hydrogen-bond acceptors (Lipinski definition) is 5. The molecule has 3 rings (SSSR count). The second-order valence-electron chi connectivity index (χ2n) is 5.07. The largest absolute Gasteiger partial charge is 0.232 e. The fourth-order valence-corrected chi connectivity index (χ4v) is 2.81. The van der Waals surface area contributed by atoms with E-state index in [9.17, 15) is 0 Å². The summed E-state index contributed by atoms with van der Waals surface area (Å²) in [7, 11) is 0. The molecular weight excluding hydrogens is 318 g/mol. The normalized spacial score (nSPS) is 11.4. The highest BCUT2D eigenvalue weighted by molar-refractivity contribution is 7.15. The van der Waals surface area contributed by atoms with Gasteiger partial charge in [-0.3, -0.25) is 0 Å². The van der Waals surface area contributed by atoms with Gasteiger partial charge in [0.15, 0.2) is 6.34 Å². The zero-order chi connectivity index (χ0) is 16.8. The molecule has 5 nitrogen and oxygen atoms in total. The molecule has 120 valence electrons. The fraction of sp³-hybridized carbons (Fsp3) is 0.111. The summed E-state index contributed by atoms with van der Waals surface area (Å²) in [6, 6.07) is 19.8. The van der Waals surface area contributed by atoms with Crippen molar-refractivity contribution in [3.63, 3.8) is 0 Å². The number of nitrogens with zero attached hydrogens (tertiary/aromatic N) is 5. The predicted molar refractivity (Wildman–Crippen MR) is 99.6 cm³/mol. The van der Waals surface area contributed by atoms with Crippen molar-refractivity contribution < 1.29 is 0 Å². The van der Waals surface area contributed by atoms with Crippen LogP contribution in [0.2, 0.25) is 0 Å². The molecule has 0 fully saturated rings. The lowest BCUT2D eigenvalue weighted by molar-refractivity contribution is 1.08. The van der Waals surface area contributed by atoms with E-state index in [0.29, 0.717) is 5.13 Å². The molecule has 0 aliphatic heterocycles. The Kier molecular flexibility index (Phi) is 5.08. The summed E-state index contributed by atoms with van der Waals surface area (Å²) in [5.41, 5.74) is 2.90. The Morgan fingerprint density at radius 3 is 2.00 bits per heavy atom. The maximum atomic E-state index is 4.43. The molecule has 0 aliphatic carbocycles. The number of benzene rings is 2. The number of thiazole rings is 1. The molecule has 0 amide bonds. The first-order valence-electron chi connectivity index (χ1n) is 7.51. The maximum absolute atomic E-state index is 4.43. The third-order valence-corrected chi connectivity index (χ3v) is 4.34. The van der Waals surface area contributed by atoms with E-state index in [0.717, 1.165) is 21.9 Å². The van der Waals surface area contributed by atoms with Crippen LogP contribution in [0.1, 0.15) is 10.6 Å². The van der Waals surface area contributed by atoms with Crippen LogP contribution in [-0.4, -0.2) is 11.3 Å². The Morgan fingerprint density at radius 1 is 0.917 bits per heavy atom. The average molecular weight is 335 g/mol. The summed E-state index contributed by atoms with van der Waals surface area (Å²) in [6.45, 7) is 3.98. The first-order valence-corrected chi connectivity index (χ1v) is 8.33. The number of aryl methyl sites for hydroxylation is 2. The molecule has 1 aromatic heterocycles. The van der Waals surface area contributed by atoms with Gasteiger partial charge >= 0.3 is 0 Å². The zero-order valence-corrected chi connectivity index (χ0v) is 14.3. The van der Waals surface area contributed by atoms with Gasteiger partial charge in [-0.2, -0.15) is 5.10 Å². The molecule has 0 saturated carbocycles. The molecule has 6 heteroatoms. The quantitative estimate of drug-likeness (QED) is 0.263. The van der Waals surface area contributed by atoms with Gasteiger partial charge in [0.05, 0.1) is 17.1 Å². The summed E-state index contributed by atoms with van der Waals surface area (Å²) < 4.78 is 0. The summed E-state index contributed by atoms with van der Waals surface area (Å²) >= 11 is 1.52. The predicted octanol–water partition coefficient (Wildman–Crippen LogP) is 5.63. The standard InChI is InChI=1S/C18H17N5S/c1-14-15(2)24-18(21-14)22-19-13-20-23(16-9-5-3-6-10-16)17-11-7-4-8-12-17/h3-13H,1-2H3. The van der Waals surface area contributed by atoms with Crippen LogP contribution in [0.5, 0.6) is 0 Å². The van der Waals surface area contributed by atoms with E-state index in [4.69, 9.17) is 0 Å². The van der Waals surface area contributed by atoms with Crippen LogP contribution < -0.4 is 5.01 Å². The topological polar surface area (TPSA) is 53.2 Å². The number of aromatic nitrogens is 1. The molecule has 3 aromatic rings. The summed E-state index contributed by atoms with van der Waals surface area (Å²) in [6.07, 6.45) is 1.44. The Hall–Kier alpha value is -2.86. The Labute approximate surface area is 145 Å². The molecular formula is C18H17N5S. The first kappa shape index (κ1) is 16.0. The molecule has 0 saturated heterocycles. The first-order chi connectivity index (χ1) is 11.7. The van der Waals surface area contributed by atoms with E-state index >= 15 is 0 Å². The number of hydrazone groups is 1. The molecule has 0 aliphatic rings. The Morgan fingerprint density at radius 2 is 1.50 bits per heavy atom. The highest BCUT2D eigenvalue weighted by Crippen LogP contribution is 2.25. The SMILES string of the molecule is Cc1nc(N=NC=NN(c2ccccc2)c2ccccc2)sc1C. The lowest BCUT2D eigenvalue weighted by atomic mass is 10.2. The second kappa shape index (κ2) is 7.61. The molecule has 2 aromatic carbocycles. The van der Waals surface area contributed by atoms with E-state index in [1.54, 1.807) is 0 Å². The minimum atomic E-state index is 0.641. The fourth-order valence-electron chi connectivity index (χ4n) is 2.07. The van der Waals surface area contributed by atoms with Gasteiger partial charge < -0.3 is 0 Å².